The van der Waals surface area contributed by atoms with Crippen molar-refractivity contribution in [3.8, 4) is 11.5 Å². The van der Waals surface area contributed by atoms with E-state index < -0.39 is 17.1 Å². The minimum Gasteiger partial charge on any atom is -0.493 e. The SMILES string of the molecule is COc1cc(/C=C2/SC(=O)N(CC(=O)Nc3ccccc3C)C2=O)cc(I)c1OCc1ccccc1F. The van der Waals surface area contributed by atoms with Crippen LogP contribution in [0.15, 0.2) is 65.6 Å². The number of para-hydroxylation sites is 1. The fourth-order valence-corrected chi connectivity index (χ4v) is 5.18. The summed E-state index contributed by atoms with van der Waals surface area (Å²) in [5.74, 6) is -0.554. The molecule has 190 valence electrons. The van der Waals surface area contributed by atoms with Gasteiger partial charge in [-0.15, -0.1) is 0 Å². The number of aryl methyl sites for hydroxylation is 1. The molecule has 3 amide bonds. The number of amides is 3. The quantitative estimate of drug-likeness (QED) is 0.242. The van der Waals surface area contributed by atoms with Crippen LogP contribution in [-0.4, -0.2) is 35.6 Å². The van der Waals surface area contributed by atoms with Crippen LogP contribution in [0.3, 0.4) is 0 Å². The predicted octanol–water partition coefficient (Wildman–Crippen LogP) is 6.00. The van der Waals surface area contributed by atoms with Crippen LogP contribution in [0.4, 0.5) is 14.9 Å². The Kier molecular flexibility index (Phi) is 8.49. The van der Waals surface area contributed by atoms with Gasteiger partial charge in [0, 0.05) is 11.3 Å². The van der Waals surface area contributed by atoms with Crippen LogP contribution < -0.4 is 14.8 Å². The van der Waals surface area contributed by atoms with E-state index in [0.29, 0.717) is 31.9 Å². The highest BCUT2D eigenvalue weighted by Crippen LogP contribution is 2.37. The molecule has 1 fully saturated rings. The van der Waals surface area contributed by atoms with Crippen LogP contribution in [0.1, 0.15) is 16.7 Å². The van der Waals surface area contributed by atoms with E-state index in [9.17, 15) is 18.8 Å². The smallest absolute Gasteiger partial charge is 0.294 e. The first-order valence-corrected chi connectivity index (χ1v) is 13.0. The molecule has 0 radical (unpaired) electrons. The normalized spacial score (nSPS) is 14.3. The molecular formula is C27H22FIN2O5S. The number of nitrogens with one attached hydrogen (secondary N) is 1. The Morgan fingerprint density at radius 3 is 2.59 bits per heavy atom. The van der Waals surface area contributed by atoms with Crippen molar-refractivity contribution < 1.29 is 28.2 Å². The summed E-state index contributed by atoms with van der Waals surface area (Å²) in [5, 5.41) is 2.20. The number of rotatable bonds is 8. The van der Waals surface area contributed by atoms with Crippen molar-refractivity contribution in [1.82, 2.24) is 4.90 Å². The number of thioether (sulfide) groups is 1. The molecule has 1 saturated heterocycles. The van der Waals surface area contributed by atoms with Crippen molar-refractivity contribution in [2.24, 2.45) is 0 Å². The van der Waals surface area contributed by atoms with Crippen molar-refractivity contribution in [2.75, 3.05) is 19.0 Å². The summed E-state index contributed by atoms with van der Waals surface area (Å²) in [4.78, 5) is 39.0. The Balaban J connectivity index is 1.48. The van der Waals surface area contributed by atoms with Crippen LogP contribution in [0.2, 0.25) is 0 Å². The average Bonchev–Trinajstić information content (AvgIpc) is 3.12. The molecule has 1 aliphatic rings. The second kappa shape index (κ2) is 11.8. The van der Waals surface area contributed by atoms with Gasteiger partial charge in [0.15, 0.2) is 11.5 Å². The zero-order chi connectivity index (χ0) is 26.5. The zero-order valence-electron chi connectivity index (χ0n) is 19.9. The van der Waals surface area contributed by atoms with E-state index in [1.807, 2.05) is 19.1 Å². The predicted molar refractivity (Wildman–Crippen MR) is 149 cm³/mol. The standard InChI is InChI=1S/C27H22FIN2O5S/c1-16-7-3-6-10-21(16)30-24(32)14-31-26(33)23(37-27(31)34)13-17-11-20(29)25(22(12-17)35-2)36-15-18-8-4-5-9-19(18)28/h3-13H,14-15H2,1-2H3,(H,30,32)/b23-13+. The van der Waals surface area contributed by atoms with E-state index in [1.165, 1.54) is 13.2 Å². The lowest BCUT2D eigenvalue weighted by Crippen LogP contribution is -2.36. The number of anilines is 1. The molecule has 0 aliphatic carbocycles. The summed E-state index contributed by atoms with van der Waals surface area (Å²) in [6, 6.07) is 17.0. The van der Waals surface area contributed by atoms with Gasteiger partial charge in [0.1, 0.15) is 19.0 Å². The molecular weight excluding hydrogens is 610 g/mol. The maximum Gasteiger partial charge on any atom is 0.294 e. The van der Waals surface area contributed by atoms with Gasteiger partial charge in [0.25, 0.3) is 11.1 Å². The van der Waals surface area contributed by atoms with Crippen LogP contribution in [0, 0.1) is 16.3 Å². The van der Waals surface area contributed by atoms with E-state index in [1.54, 1.807) is 48.5 Å². The van der Waals surface area contributed by atoms with Gasteiger partial charge >= 0.3 is 0 Å². The lowest BCUT2D eigenvalue weighted by molar-refractivity contribution is -0.127. The van der Waals surface area contributed by atoms with Gasteiger partial charge in [-0.05, 0) is 82.7 Å². The molecule has 4 rings (SSSR count). The maximum atomic E-state index is 14.0. The molecule has 0 saturated carbocycles. The van der Waals surface area contributed by atoms with Gasteiger partial charge in [0.2, 0.25) is 5.91 Å². The topological polar surface area (TPSA) is 84.9 Å². The van der Waals surface area contributed by atoms with Crippen LogP contribution in [-0.2, 0) is 16.2 Å². The lowest BCUT2D eigenvalue weighted by atomic mass is 10.1. The molecule has 37 heavy (non-hydrogen) atoms. The number of carbonyl (C=O) groups excluding carboxylic acids is 3. The van der Waals surface area contributed by atoms with Gasteiger partial charge in [-0.3, -0.25) is 19.3 Å². The second-order valence-corrected chi connectivity index (χ2v) is 10.2. The monoisotopic (exact) mass is 632 g/mol. The Hall–Kier alpha value is -3.38. The Labute approximate surface area is 231 Å². The molecule has 1 N–H and O–H groups in total. The molecule has 1 heterocycles. The van der Waals surface area contributed by atoms with Gasteiger partial charge < -0.3 is 14.8 Å². The van der Waals surface area contributed by atoms with Crippen LogP contribution in [0.5, 0.6) is 11.5 Å². The second-order valence-electron chi connectivity index (χ2n) is 8.05. The number of benzene rings is 3. The fourth-order valence-electron chi connectivity index (χ4n) is 3.56. The van der Waals surface area contributed by atoms with E-state index >= 15 is 0 Å². The largest absolute Gasteiger partial charge is 0.493 e. The first-order chi connectivity index (χ1) is 17.8. The zero-order valence-corrected chi connectivity index (χ0v) is 22.9. The molecule has 0 unspecified atom stereocenters. The third kappa shape index (κ3) is 6.31. The number of hydrogen-bond donors (Lipinski definition) is 1. The van der Waals surface area contributed by atoms with E-state index in [-0.39, 0.29) is 23.9 Å². The summed E-state index contributed by atoms with van der Waals surface area (Å²) >= 11 is 2.83. The number of methoxy groups -OCH3 is 1. The van der Waals surface area contributed by atoms with Crippen molar-refractivity contribution >= 4 is 63.2 Å². The molecule has 3 aromatic rings. The first kappa shape index (κ1) is 26.7. The van der Waals surface area contributed by atoms with Crippen molar-refractivity contribution in [3.05, 3.63) is 91.6 Å². The summed E-state index contributed by atoms with van der Waals surface area (Å²) in [5.41, 5.74) is 2.50. The summed E-state index contributed by atoms with van der Waals surface area (Å²) in [7, 11) is 1.48. The molecule has 0 bridgehead atoms. The molecule has 0 spiro atoms. The third-order valence-electron chi connectivity index (χ3n) is 5.47. The molecule has 1 aliphatic heterocycles. The van der Waals surface area contributed by atoms with E-state index in [2.05, 4.69) is 27.9 Å². The minimum atomic E-state index is -0.552. The highest BCUT2D eigenvalue weighted by molar-refractivity contribution is 14.1. The number of halogens is 2. The van der Waals surface area contributed by atoms with Crippen molar-refractivity contribution in [2.45, 2.75) is 13.5 Å². The maximum absolute atomic E-state index is 14.0. The van der Waals surface area contributed by atoms with Crippen LogP contribution in [0.25, 0.3) is 6.08 Å². The molecule has 3 aromatic carbocycles. The van der Waals surface area contributed by atoms with Gasteiger partial charge in [0.05, 0.1) is 15.6 Å². The number of ether oxygens (including phenoxy) is 2. The number of hydrogen-bond acceptors (Lipinski definition) is 6. The summed E-state index contributed by atoms with van der Waals surface area (Å²) < 4.78 is 25.9. The molecule has 0 atom stereocenters. The van der Waals surface area contributed by atoms with Crippen molar-refractivity contribution in [1.29, 1.82) is 0 Å². The Morgan fingerprint density at radius 1 is 1.14 bits per heavy atom. The summed E-state index contributed by atoms with van der Waals surface area (Å²) in [6.45, 7) is 1.48. The van der Waals surface area contributed by atoms with E-state index in [4.69, 9.17) is 9.47 Å². The molecule has 7 nitrogen and oxygen atoms in total. The fraction of sp³-hybridized carbons (Fsp3) is 0.148. The highest BCUT2D eigenvalue weighted by atomic mass is 127. The number of imide groups is 1. The van der Waals surface area contributed by atoms with Crippen molar-refractivity contribution in [3.63, 3.8) is 0 Å². The van der Waals surface area contributed by atoms with Gasteiger partial charge in [-0.25, -0.2) is 4.39 Å². The van der Waals surface area contributed by atoms with Crippen LogP contribution >= 0.6 is 34.4 Å². The van der Waals surface area contributed by atoms with Gasteiger partial charge in [-0.1, -0.05) is 36.4 Å². The van der Waals surface area contributed by atoms with Gasteiger partial charge in [-0.2, -0.15) is 0 Å². The lowest BCUT2D eigenvalue weighted by Gasteiger charge is -2.14. The Bertz CT molecular complexity index is 1410. The molecule has 10 heteroatoms. The molecule has 0 aromatic heterocycles. The first-order valence-electron chi connectivity index (χ1n) is 11.1. The average molecular weight is 632 g/mol. The number of carbonyl (C=O) groups is 3. The minimum absolute atomic E-state index is 0.0157. The number of nitrogens with zero attached hydrogens (tertiary/aromatic N) is 1. The Morgan fingerprint density at radius 2 is 1.86 bits per heavy atom. The van der Waals surface area contributed by atoms with E-state index in [0.717, 1.165) is 22.2 Å². The summed E-state index contributed by atoms with van der Waals surface area (Å²) in [6.07, 6.45) is 1.56. The third-order valence-corrected chi connectivity index (χ3v) is 7.18. The highest BCUT2D eigenvalue weighted by Gasteiger charge is 2.36.